The Hall–Kier alpha value is -3.50. The number of fused-ring (bicyclic) bond motifs is 4. The van der Waals surface area contributed by atoms with Gasteiger partial charge in [0.05, 0.1) is 17.3 Å². The summed E-state index contributed by atoms with van der Waals surface area (Å²) in [5.41, 5.74) is 3.24. The van der Waals surface area contributed by atoms with Crippen molar-refractivity contribution < 1.29 is 9.53 Å². The van der Waals surface area contributed by atoms with E-state index in [1.807, 2.05) is 13.0 Å². The molecule has 0 amide bonds. The highest BCUT2D eigenvalue weighted by atomic mass is 16.5. The molecule has 1 aromatic carbocycles. The van der Waals surface area contributed by atoms with Crippen molar-refractivity contribution in [2.75, 3.05) is 49.5 Å². The lowest BCUT2D eigenvalue weighted by molar-refractivity contribution is 0.0128. The predicted molar refractivity (Wildman–Crippen MR) is 162 cm³/mol. The number of nitrogens with one attached hydrogen (secondary N) is 1. The number of aryl methyl sites for hydroxylation is 1. The first kappa shape index (κ1) is 26.2. The van der Waals surface area contributed by atoms with Crippen LogP contribution in [0, 0.1) is 6.92 Å². The quantitative estimate of drug-likeness (QED) is 0.444. The van der Waals surface area contributed by atoms with Crippen LogP contribution in [-0.2, 0) is 0 Å². The van der Waals surface area contributed by atoms with Gasteiger partial charge in [0, 0.05) is 74.2 Å². The molecule has 2 saturated heterocycles. The van der Waals surface area contributed by atoms with E-state index in [1.165, 1.54) is 32.9 Å². The summed E-state index contributed by atoms with van der Waals surface area (Å²) in [6, 6.07) is 8.21. The van der Waals surface area contributed by atoms with Crippen molar-refractivity contribution >= 4 is 34.1 Å². The van der Waals surface area contributed by atoms with Gasteiger partial charge in [-0.15, -0.1) is 0 Å². The third-order valence-corrected chi connectivity index (χ3v) is 10.2. The fourth-order valence-corrected chi connectivity index (χ4v) is 7.70. The molecule has 3 aromatic rings. The van der Waals surface area contributed by atoms with E-state index in [0.29, 0.717) is 35.8 Å². The van der Waals surface area contributed by atoms with Crippen LogP contribution in [0.15, 0.2) is 29.2 Å². The summed E-state index contributed by atoms with van der Waals surface area (Å²) >= 11 is 0. The Labute approximate surface area is 245 Å². The molecule has 42 heavy (non-hydrogen) atoms. The highest BCUT2D eigenvalue weighted by Gasteiger charge is 2.43. The molecule has 1 atom stereocenters. The number of aromatic nitrogens is 3. The molecule has 5 heterocycles. The number of hydrogen-bond donors (Lipinski definition) is 1. The highest BCUT2D eigenvalue weighted by Crippen LogP contribution is 2.39. The van der Waals surface area contributed by atoms with Gasteiger partial charge < -0.3 is 15.0 Å². The number of hydrogen-bond acceptors (Lipinski definition) is 9. The number of likely N-dealkylation sites (tertiary alicyclic amines) is 1. The van der Waals surface area contributed by atoms with E-state index in [0.717, 1.165) is 73.9 Å². The largest absolute Gasteiger partial charge is 0.489 e. The number of pyridine rings is 1. The topological polar surface area (TPSA) is 95.8 Å². The molecule has 1 N–H and O–H groups in total. The molecule has 0 bridgehead atoms. The first-order valence-corrected chi connectivity index (χ1v) is 15.7. The molecule has 2 saturated carbocycles. The number of benzene rings is 1. The minimum atomic E-state index is -0.238. The van der Waals surface area contributed by atoms with Crippen molar-refractivity contribution in [1.29, 1.82) is 0 Å². The van der Waals surface area contributed by atoms with Crippen molar-refractivity contribution in [3.8, 4) is 5.75 Å². The number of Topliss-reactive ketones (excluding diaryl/α,β-unsaturated/α-hetero) is 1. The van der Waals surface area contributed by atoms with E-state index >= 15 is 0 Å². The summed E-state index contributed by atoms with van der Waals surface area (Å²) < 4.78 is 8.06. The van der Waals surface area contributed by atoms with Crippen LogP contribution in [0.3, 0.4) is 0 Å². The van der Waals surface area contributed by atoms with E-state index in [9.17, 15) is 9.59 Å². The van der Waals surface area contributed by atoms with Gasteiger partial charge in [-0.05, 0) is 57.2 Å². The van der Waals surface area contributed by atoms with Gasteiger partial charge in [0.2, 0.25) is 5.95 Å². The van der Waals surface area contributed by atoms with E-state index < -0.39 is 0 Å². The van der Waals surface area contributed by atoms with Crippen LogP contribution in [0.4, 0.5) is 17.3 Å². The van der Waals surface area contributed by atoms with Crippen LogP contribution in [-0.4, -0.2) is 87.6 Å². The summed E-state index contributed by atoms with van der Waals surface area (Å²) in [7, 11) is 0. The molecule has 10 nitrogen and oxygen atoms in total. The van der Waals surface area contributed by atoms with Crippen LogP contribution in [0.1, 0.15) is 67.4 Å². The maximum Gasteiger partial charge on any atom is 0.263 e. The van der Waals surface area contributed by atoms with Crippen molar-refractivity contribution in [3.63, 3.8) is 0 Å². The molecule has 0 spiro atoms. The lowest BCUT2D eigenvalue weighted by atomic mass is 10.0. The van der Waals surface area contributed by atoms with E-state index in [2.05, 4.69) is 37.1 Å². The summed E-state index contributed by atoms with van der Waals surface area (Å²) in [5, 5.41) is 4.10. The monoisotopic (exact) mass is 569 g/mol. The smallest absolute Gasteiger partial charge is 0.263 e. The minimum Gasteiger partial charge on any atom is -0.489 e. The van der Waals surface area contributed by atoms with Gasteiger partial charge in [0.1, 0.15) is 18.0 Å². The SMILES string of the molecule is CC(=O)c1c(C)c2cnc(Nc3ccc4c(c3)OC[C@@H]3CN(C5CN(C6CC6)C5)CCN43)nc2n(C2CCCC2)c1=O. The number of carbonyl (C=O) groups excluding carboxylic acids is 1. The van der Waals surface area contributed by atoms with E-state index in [4.69, 9.17) is 9.72 Å². The maximum atomic E-state index is 13.5. The lowest BCUT2D eigenvalue weighted by Gasteiger charge is -2.52. The van der Waals surface area contributed by atoms with Gasteiger partial charge >= 0.3 is 0 Å². The van der Waals surface area contributed by atoms with Crippen LogP contribution < -0.4 is 20.5 Å². The van der Waals surface area contributed by atoms with E-state index in [-0.39, 0.29) is 22.9 Å². The van der Waals surface area contributed by atoms with Gasteiger partial charge in [-0.3, -0.25) is 24.0 Å². The first-order chi connectivity index (χ1) is 20.4. The Kier molecular flexibility index (Phi) is 6.26. The number of carbonyl (C=O) groups is 1. The van der Waals surface area contributed by atoms with Crippen molar-refractivity contribution in [2.24, 2.45) is 0 Å². The third-order valence-electron chi connectivity index (χ3n) is 10.2. The van der Waals surface area contributed by atoms with Gasteiger partial charge in [-0.2, -0.15) is 4.98 Å². The summed E-state index contributed by atoms with van der Waals surface area (Å²) in [5.74, 6) is 1.08. The van der Waals surface area contributed by atoms with Gasteiger partial charge in [0.15, 0.2) is 5.78 Å². The molecule has 220 valence electrons. The van der Waals surface area contributed by atoms with Gasteiger partial charge in [-0.1, -0.05) is 12.8 Å². The van der Waals surface area contributed by atoms with Crippen molar-refractivity contribution in [1.82, 2.24) is 24.3 Å². The van der Waals surface area contributed by atoms with E-state index in [1.54, 1.807) is 10.8 Å². The zero-order valence-corrected chi connectivity index (χ0v) is 24.5. The normalized spacial score (nSPS) is 23.4. The third kappa shape index (κ3) is 4.38. The van der Waals surface area contributed by atoms with Crippen molar-refractivity contribution in [2.45, 2.75) is 76.5 Å². The predicted octanol–water partition coefficient (Wildman–Crippen LogP) is 3.89. The number of piperazine rings is 1. The molecule has 0 unspecified atom stereocenters. The average Bonchev–Trinajstić information content (AvgIpc) is 3.64. The second-order valence-corrected chi connectivity index (χ2v) is 12.9. The highest BCUT2D eigenvalue weighted by molar-refractivity contribution is 5.99. The Morgan fingerprint density at radius 1 is 0.976 bits per heavy atom. The van der Waals surface area contributed by atoms with Crippen LogP contribution in [0.5, 0.6) is 5.75 Å². The second-order valence-electron chi connectivity index (χ2n) is 12.9. The molecule has 0 radical (unpaired) electrons. The molecule has 5 aliphatic rings. The second kappa shape index (κ2) is 10.1. The molecule has 8 rings (SSSR count). The Morgan fingerprint density at radius 3 is 2.52 bits per heavy atom. The summed E-state index contributed by atoms with van der Waals surface area (Å²) in [4.78, 5) is 43.2. The zero-order valence-electron chi connectivity index (χ0n) is 24.5. The number of rotatable bonds is 6. The fraction of sp³-hybridized carbons (Fsp3) is 0.562. The fourth-order valence-electron chi connectivity index (χ4n) is 7.70. The number of nitrogens with zero attached hydrogens (tertiary/aromatic N) is 6. The molecule has 3 aliphatic heterocycles. The van der Waals surface area contributed by atoms with Gasteiger partial charge in [0.25, 0.3) is 5.56 Å². The average molecular weight is 570 g/mol. The maximum absolute atomic E-state index is 13.5. The Balaban J connectivity index is 1.03. The summed E-state index contributed by atoms with van der Waals surface area (Å²) in [6.45, 7) is 9.59. The molecule has 2 aromatic heterocycles. The van der Waals surface area contributed by atoms with Crippen LogP contribution in [0.2, 0.25) is 0 Å². The van der Waals surface area contributed by atoms with Gasteiger partial charge in [-0.25, -0.2) is 4.98 Å². The number of anilines is 3. The lowest BCUT2D eigenvalue weighted by Crippen LogP contribution is -2.66. The summed E-state index contributed by atoms with van der Waals surface area (Å²) in [6.07, 6.45) is 8.49. The molecular weight excluding hydrogens is 530 g/mol. The Morgan fingerprint density at radius 2 is 1.76 bits per heavy atom. The molecule has 4 fully saturated rings. The zero-order chi connectivity index (χ0) is 28.5. The van der Waals surface area contributed by atoms with Crippen molar-refractivity contribution in [3.05, 3.63) is 45.9 Å². The first-order valence-electron chi connectivity index (χ1n) is 15.7. The molecule has 2 aliphatic carbocycles. The Bertz CT molecular complexity index is 1620. The molecular formula is C32H39N7O3. The molecule has 10 heteroatoms. The number of ketones is 1. The van der Waals surface area contributed by atoms with Crippen LogP contribution >= 0.6 is 0 Å². The number of ether oxygens (including phenoxy) is 1. The van der Waals surface area contributed by atoms with Crippen LogP contribution in [0.25, 0.3) is 11.0 Å². The minimum absolute atomic E-state index is 0.0495. The standard InChI is InChI=1S/C32H39N7O3/c1-19-26-14-33-32(35-30(26)39(23-5-3-4-6-23)31(41)29(19)20(2)40)34-21-7-10-27-28(13-21)42-18-25-17-36(11-12-38(25)27)24-15-37(16-24)22-8-9-22/h7,10,13-14,22-25H,3-6,8-9,11-12,15-18H2,1-2H3,(H,33,34,35)/t25-/m0/s1.